The van der Waals surface area contributed by atoms with Crippen molar-refractivity contribution in [1.29, 1.82) is 0 Å². The summed E-state index contributed by atoms with van der Waals surface area (Å²) in [6, 6.07) is 6.21. The van der Waals surface area contributed by atoms with Crippen LogP contribution in [-0.2, 0) is 11.3 Å². The fourth-order valence-electron chi connectivity index (χ4n) is 2.27. The van der Waals surface area contributed by atoms with Crippen molar-refractivity contribution in [3.63, 3.8) is 0 Å². The number of benzene rings is 1. The van der Waals surface area contributed by atoms with Gasteiger partial charge in [-0.2, -0.15) is 0 Å². The molecule has 0 heterocycles. The minimum atomic E-state index is 0.164. The highest BCUT2D eigenvalue weighted by molar-refractivity contribution is 9.10. The van der Waals surface area contributed by atoms with E-state index < -0.39 is 0 Å². The summed E-state index contributed by atoms with van der Waals surface area (Å²) in [4.78, 5) is 16.1. The molecule has 1 aromatic rings. The largest absolute Gasteiger partial charge is 0.365 e. The third-order valence-corrected chi connectivity index (χ3v) is 4.01. The van der Waals surface area contributed by atoms with Gasteiger partial charge in [-0.15, -0.1) is 0 Å². The van der Waals surface area contributed by atoms with Gasteiger partial charge in [0.1, 0.15) is 0 Å². The molecule has 0 atom stereocenters. The van der Waals surface area contributed by atoms with Crippen molar-refractivity contribution in [3.8, 4) is 0 Å². The van der Waals surface area contributed by atoms with Gasteiger partial charge in [0.05, 0.1) is 6.54 Å². The zero-order valence-corrected chi connectivity index (χ0v) is 15.0. The standard InChI is InChI=1S/C16H26BrN3O/c1-5-18-11-13-8-9-14(17)10-15(13)19(4)12-16(21)20(6-2)7-3/h8-10,18H,5-7,11-12H2,1-4H3. The summed E-state index contributed by atoms with van der Waals surface area (Å²) < 4.78 is 1.03. The minimum absolute atomic E-state index is 0.164. The number of likely N-dealkylation sites (N-methyl/N-ethyl adjacent to an activating group) is 2. The highest BCUT2D eigenvalue weighted by Gasteiger charge is 2.15. The van der Waals surface area contributed by atoms with Crippen molar-refractivity contribution in [1.82, 2.24) is 10.2 Å². The highest BCUT2D eigenvalue weighted by atomic mass is 79.9. The Morgan fingerprint density at radius 3 is 2.48 bits per heavy atom. The summed E-state index contributed by atoms with van der Waals surface area (Å²) in [7, 11) is 1.97. The van der Waals surface area contributed by atoms with Crippen molar-refractivity contribution in [2.45, 2.75) is 27.3 Å². The molecule has 1 aromatic carbocycles. The Morgan fingerprint density at radius 2 is 1.90 bits per heavy atom. The SMILES string of the molecule is CCNCc1ccc(Br)cc1N(C)CC(=O)N(CC)CC. The van der Waals surface area contributed by atoms with E-state index in [1.807, 2.05) is 36.8 Å². The van der Waals surface area contributed by atoms with Gasteiger partial charge < -0.3 is 15.1 Å². The first kappa shape index (κ1) is 18.0. The molecule has 1 N–H and O–H groups in total. The van der Waals surface area contributed by atoms with Crippen molar-refractivity contribution < 1.29 is 4.79 Å². The molecule has 4 nitrogen and oxygen atoms in total. The topological polar surface area (TPSA) is 35.6 Å². The van der Waals surface area contributed by atoms with Gasteiger partial charge in [0.2, 0.25) is 5.91 Å². The van der Waals surface area contributed by atoms with E-state index in [9.17, 15) is 4.79 Å². The summed E-state index contributed by atoms with van der Waals surface area (Å²) in [5.41, 5.74) is 2.29. The first-order chi connectivity index (χ1) is 10.0. The molecule has 0 saturated carbocycles. The van der Waals surface area contributed by atoms with Crippen LogP contribution in [0.4, 0.5) is 5.69 Å². The average molecular weight is 356 g/mol. The number of carbonyl (C=O) groups excluding carboxylic acids is 1. The summed E-state index contributed by atoms with van der Waals surface area (Å²) in [5, 5.41) is 3.34. The zero-order valence-electron chi connectivity index (χ0n) is 13.4. The first-order valence-electron chi connectivity index (χ1n) is 7.51. The predicted molar refractivity (Wildman–Crippen MR) is 92.7 cm³/mol. The number of hydrogen-bond donors (Lipinski definition) is 1. The average Bonchev–Trinajstić information content (AvgIpc) is 2.47. The van der Waals surface area contributed by atoms with Crippen molar-refractivity contribution in [2.75, 3.05) is 38.1 Å². The molecule has 1 rings (SSSR count). The quantitative estimate of drug-likeness (QED) is 0.778. The van der Waals surface area contributed by atoms with E-state index >= 15 is 0 Å². The van der Waals surface area contributed by atoms with Gasteiger partial charge in [-0.3, -0.25) is 4.79 Å². The van der Waals surface area contributed by atoms with E-state index in [-0.39, 0.29) is 5.91 Å². The maximum atomic E-state index is 12.3. The van der Waals surface area contributed by atoms with Crippen LogP contribution in [0.25, 0.3) is 0 Å². The van der Waals surface area contributed by atoms with E-state index in [4.69, 9.17) is 0 Å². The molecule has 1 amide bonds. The van der Waals surface area contributed by atoms with E-state index in [0.29, 0.717) is 6.54 Å². The second-order valence-corrected chi connectivity index (χ2v) is 5.89. The lowest BCUT2D eigenvalue weighted by Gasteiger charge is -2.26. The fourth-order valence-corrected chi connectivity index (χ4v) is 2.61. The zero-order chi connectivity index (χ0) is 15.8. The molecule has 0 bridgehead atoms. The minimum Gasteiger partial charge on any atom is -0.365 e. The Kier molecular flexibility index (Phi) is 7.75. The second-order valence-electron chi connectivity index (χ2n) is 4.98. The van der Waals surface area contributed by atoms with Crippen molar-refractivity contribution in [2.24, 2.45) is 0 Å². The van der Waals surface area contributed by atoms with Crippen LogP contribution in [0.2, 0.25) is 0 Å². The molecule has 0 fully saturated rings. The Balaban J connectivity index is 2.87. The lowest BCUT2D eigenvalue weighted by Crippen LogP contribution is -2.39. The van der Waals surface area contributed by atoms with Crippen molar-refractivity contribution in [3.05, 3.63) is 28.2 Å². The predicted octanol–water partition coefficient (Wildman–Crippen LogP) is 2.86. The lowest BCUT2D eigenvalue weighted by molar-refractivity contribution is -0.129. The fraction of sp³-hybridized carbons (Fsp3) is 0.562. The molecule has 0 saturated heterocycles. The van der Waals surface area contributed by atoms with Crippen LogP contribution in [-0.4, -0.2) is 44.0 Å². The van der Waals surface area contributed by atoms with Gasteiger partial charge >= 0.3 is 0 Å². The summed E-state index contributed by atoms with van der Waals surface area (Å²) in [6.45, 7) is 9.76. The van der Waals surface area contributed by atoms with E-state index in [1.165, 1.54) is 5.56 Å². The van der Waals surface area contributed by atoms with Crippen LogP contribution in [0, 0.1) is 0 Å². The third kappa shape index (κ3) is 5.32. The lowest BCUT2D eigenvalue weighted by atomic mass is 10.1. The summed E-state index contributed by atoms with van der Waals surface area (Å²) in [6.07, 6.45) is 0. The molecule has 0 radical (unpaired) electrons. The Hall–Kier alpha value is -1.07. The van der Waals surface area contributed by atoms with Gasteiger partial charge in [0, 0.05) is 36.8 Å². The third-order valence-electron chi connectivity index (χ3n) is 3.51. The van der Waals surface area contributed by atoms with Gasteiger partial charge in [-0.25, -0.2) is 0 Å². The smallest absolute Gasteiger partial charge is 0.242 e. The molecule has 0 spiro atoms. The molecule has 118 valence electrons. The molecule has 0 aromatic heterocycles. The number of hydrogen-bond acceptors (Lipinski definition) is 3. The number of halogens is 1. The van der Waals surface area contributed by atoms with Gasteiger partial charge in [0.25, 0.3) is 0 Å². The molecule has 0 aliphatic heterocycles. The molecule has 0 aliphatic carbocycles. The number of rotatable bonds is 8. The number of nitrogens with zero attached hydrogens (tertiary/aromatic N) is 2. The number of carbonyl (C=O) groups is 1. The molecular formula is C16H26BrN3O. The van der Waals surface area contributed by atoms with Crippen LogP contribution in [0.15, 0.2) is 22.7 Å². The highest BCUT2D eigenvalue weighted by Crippen LogP contribution is 2.24. The monoisotopic (exact) mass is 355 g/mol. The number of amides is 1. The van der Waals surface area contributed by atoms with E-state index in [0.717, 1.165) is 36.3 Å². The van der Waals surface area contributed by atoms with E-state index in [2.05, 4.69) is 40.3 Å². The van der Waals surface area contributed by atoms with Crippen LogP contribution in [0.1, 0.15) is 26.3 Å². The Labute approximate surface area is 136 Å². The van der Waals surface area contributed by atoms with Crippen LogP contribution in [0.5, 0.6) is 0 Å². The van der Waals surface area contributed by atoms with Crippen LogP contribution in [0.3, 0.4) is 0 Å². The molecule has 0 unspecified atom stereocenters. The number of anilines is 1. The summed E-state index contributed by atoms with van der Waals surface area (Å²) in [5.74, 6) is 0.164. The first-order valence-corrected chi connectivity index (χ1v) is 8.30. The number of nitrogens with one attached hydrogen (secondary N) is 1. The second kappa shape index (κ2) is 9.05. The molecule has 21 heavy (non-hydrogen) atoms. The van der Waals surface area contributed by atoms with Gasteiger partial charge in [-0.05, 0) is 38.1 Å². The molecule has 0 aliphatic rings. The summed E-state index contributed by atoms with van der Waals surface area (Å²) >= 11 is 3.51. The van der Waals surface area contributed by atoms with Gasteiger partial charge in [0.15, 0.2) is 0 Å². The maximum Gasteiger partial charge on any atom is 0.242 e. The molecule has 5 heteroatoms. The Morgan fingerprint density at radius 1 is 1.24 bits per heavy atom. The van der Waals surface area contributed by atoms with Gasteiger partial charge in [-0.1, -0.05) is 28.9 Å². The van der Waals surface area contributed by atoms with E-state index in [1.54, 1.807) is 0 Å². The maximum absolute atomic E-state index is 12.3. The van der Waals surface area contributed by atoms with Crippen LogP contribution < -0.4 is 10.2 Å². The normalized spacial score (nSPS) is 10.5. The van der Waals surface area contributed by atoms with Crippen LogP contribution >= 0.6 is 15.9 Å². The van der Waals surface area contributed by atoms with Crippen molar-refractivity contribution >= 4 is 27.5 Å². The molecular weight excluding hydrogens is 330 g/mol. The Bertz CT molecular complexity index is 461.